The van der Waals surface area contributed by atoms with E-state index in [4.69, 9.17) is 0 Å². The van der Waals surface area contributed by atoms with Gasteiger partial charge in [0.1, 0.15) is 5.41 Å². The van der Waals surface area contributed by atoms with Crippen LogP contribution in [0, 0.1) is 24.2 Å². The molecule has 0 aliphatic heterocycles. The maximum absolute atomic E-state index is 12.8. The number of urea groups is 1. The molecule has 0 aromatic heterocycles. The van der Waals surface area contributed by atoms with E-state index >= 15 is 0 Å². The van der Waals surface area contributed by atoms with Crippen molar-refractivity contribution in [2.75, 3.05) is 0 Å². The Morgan fingerprint density at radius 2 is 1.57 bits per heavy atom. The van der Waals surface area contributed by atoms with Gasteiger partial charge in [0.05, 0.1) is 12.1 Å². The minimum Gasteiger partial charge on any atom is -0.343 e. The molecule has 1 fully saturated rings. The van der Waals surface area contributed by atoms with Crippen LogP contribution in [0.3, 0.4) is 0 Å². The molecule has 0 unspecified atom stereocenters. The smallest absolute Gasteiger partial charge is 0.315 e. The fourth-order valence-corrected chi connectivity index (χ4v) is 4.42. The number of amides is 2. The molecule has 2 N–H and O–H groups in total. The predicted molar refractivity (Wildman–Crippen MR) is 116 cm³/mol. The Hall–Kier alpha value is -1.70. The van der Waals surface area contributed by atoms with E-state index in [-0.39, 0.29) is 44.8 Å². The van der Waals surface area contributed by atoms with Crippen molar-refractivity contribution >= 4 is 6.03 Å². The van der Waals surface area contributed by atoms with Crippen molar-refractivity contribution in [1.29, 1.82) is 5.26 Å². The van der Waals surface area contributed by atoms with E-state index in [9.17, 15) is 10.1 Å². The van der Waals surface area contributed by atoms with Crippen LogP contribution < -0.4 is 10.6 Å². The molecule has 0 saturated heterocycles. The van der Waals surface area contributed by atoms with Crippen LogP contribution in [-0.4, -0.2) is 18.1 Å². The molecule has 155 valence electrons. The summed E-state index contributed by atoms with van der Waals surface area (Å²) in [6.07, 6.45) is 5.17. The van der Waals surface area contributed by atoms with E-state index in [1.54, 1.807) is 0 Å². The molecule has 3 rings (SSSR count). The van der Waals surface area contributed by atoms with Crippen LogP contribution in [-0.2, 0) is 38.1 Å². The summed E-state index contributed by atoms with van der Waals surface area (Å²) in [4.78, 5) is 12.8. The average molecular weight is 477 g/mol. The summed E-state index contributed by atoms with van der Waals surface area (Å²) < 4.78 is 0. The third-order valence-electron chi connectivity index (χ3n) is 6.22. The fraction of sp³-hybridized carbons (Fsp3) is 0.400. The Labute approximate surface area is 205 Å². The number of carbonyl (C=O) groups is 1. The van der Waals surface area contributed by atoms with E-state index in [1.807, 2.05) is 67.6 Å². The van der Waals surface area contributed by atoms with Gasteiger partial charge in [0.2, 0.25) is 0 Å². The molecule has 0 spiro atoms. The van der Waals surface area contributed by atoms with Gasteiger partial charge in [-0.25, -0.2) is 4.79 Å². The molecule has 30 heavy (non-hydrogen) atoms. The number of carbonyl (C=O) groups excluding carboxylic acids is 1. The predicted octanol–water partition coefficient (Wildman–Crippen LogP) is 4.96. The molecule has 5 heteroatoms. The molecule has 1 radical (unpaired) electrons. The summed E-state index contributed by atoms with van der Waals surface area (Å²) in [6, 6.07) is 21.5. The first kappa shape index (κ1) is 24.6. The standard InChI is InChI=1S/C25H30N3O.Y/c1-3-20-14-16-23(17-15-20)28-24(29)27-19(2)25(18-26,21-10-6-4-7-11-21)22-12-8-5-9-13-22;/h4-13,19-20,23H,1,3,14-17H2,2H3,(H2,27,28,29);/q-1;/t19-,20?,23?;/m0./s1. The van der Waals surface area contributed by atoms with Gasteiger partial charge in [-0.3, -0.25) is 0 Å². The van der Waals surface area contributed by atoms with Gasteiger partial charge in [-0.15, -0.1) is 0 Å². The average Bonchev–Trinajstić information content (AvgIpc) is 2.76. The summed E-state index contributed by atoms with van der Waals surface area (Å²) in [5, 5.41) is 16.5. The molecular weight excluding hydrogens is 447 g/mol. The summed E-state index contributed by atoms with van der Waals surface area (Å²) >= 11 is 0. The molecule has 4 nitrogen and oxygen atoms in total. The second-order valence-electron chi connectivity index (χ2n) is 8.00. The molecule has 1 aliphatic rings. The monoisotopic (exact) mass is 477 g/mol. The molecular formula is C25H30N3OY-. The normalized spacial score (nSPS) is 19.6. The molecule has 1 aliphatic carbocycles. The number of nitrogens with one attached hydrogen (secondary N) is 2. The van der Waals surface area contributed by atoms with Crippen LogP contribution in [0.25, 0.3) is 0 Å². The summed E-state index contributed by atoms with van der Waals surface area (Å²) in [6.45, 7) is 5.90. The van der Waals surface area contributed by atoms with E-state index in [2.05, 4.69) is 23.6 Å². The van der Waals surface area contributed by atoms with Crippen molar-refractivity contribution in [3.63, 3.8) is 0 Å². The van der Waals surface area contributed by atoms with Crippen LogP contribution in [0.15, 0.2) is 60.7 Å². The molecule has 2 amide bonds. The minimum atomic E-state index is -0.967. The first-order chi connectivity index (χ1) is 14.1. The van der Waals surface area contributed by atoms with Gasteiger partial charge in [-0.1, -0.05) is 79.4 Å². The molecule has 2 aromatic carbocycles. The Bertz CT molecular complexity index is 787. The van der Waals surface area contributed by atoms with Gasteiger partial charge in [0, 0.05) is 38.8 Å². The third-order valence-corrected chi connectivity index (χ3v) is 6.22. The van der Waals surface area contributed by atoms with E-state index in [0.717, 1.165) is 43.2 Å². The van der Waals surface area contributed by atoms with Crippen molar-refractivity contribution in [2.45, 2.75) is 56.5 Å². The summed E-state index contributed by atoms with van der Waals surface area (Å²) in [7, 11) is 0. The van der Waals surface area contributed by atoms with Crippen molar-refractivity contribution in [3.05, 3.63) is 78.7 Å². The van der Waals surface area contributed by atoms with Gasteiger partial charge in [0.15, 0.2) is 0 Å². The molecule has 2 aromatic rings. The number of hydrogen-bond acceptors (Lipinski definition) is 2. The van der Waals surface area contributed by atoms with E-state index in [1.165, 1.54) is 0 Å². The van der Waals surface area contributed by atoms with Gasteiger partial charge in [-0.2, -0.15) is 11.7 Å². The van der Waals surface area contributed by atoms with Crippen LogP contribution in [0.2, 0.25) is 0 Å². The van der Waals surface area contributed by atoms with Gasteiger partial charge < -0.3 is 17.6 Å². The Morgan fingerprint density at radius 1 is 1.07 bits per heavy atom. The third kappa shape index (κ3) is 5.51. The second kappa shape index (κ2) is 11.6. The molecule has 1 saturated carbocycles. The fourth-order valence-electron chi connectivity index (χ4n) is 4.42. The zero-order chi connectivity index (χ0) is 20.7. The van der Waals surface area contributed by atoms with Crippen molar-refractivity contribution in [3.8, 4) is 6.07 Å². The van der Waals surface area contributed by atoms with Crippen molar-refractivity contribution in [2.24, 2.45) is 5.92 Å². The zero-order valence-corrected chi connectivity index (χ0v) is 20.5. The van der Waals surface area contributed by atoms with E-state index in [0.29, 0.717) is 5.92 Å². The zero-order valence-electron chi connectivity index (χ0n) is 17.7. The number of hydrogen-bond donors (Lipinski definition) is 2. The SMILES string of the molecule is [CH2-]CC1CCC(NC(=O)N[C@@H](C)C(C#N)(c2ccccc2)c2ccccc2)CC1.[Y]. The van der Waals surface area contributed by atoms with Crippen molar-refractivity contribution in [1.82, 2.24) is 10.6 Å². The Kier molecular flexibility index (Phi) is 9.53. The molecule has 0 heterocycles. The van der Waals surface area contributed by atoms with Gasteiger partial charge >= 0.3 is 6.03 Å². The summed E-state index contributed by atoms with van der Waals surface area (Å²) in [5.74, 6) is 0.678. The van der Waals surface area contributed by atoms with Crippen LogP contribution in [0.1, 0.15) is 50.2 Å². The first-order valence-electron chi connectivity index (χ1n) is 10.5. The van der Waals surface area contributed by atoms with Crippen LogP contribution in [0.5, 0.6) is 0 Å². The van der Waals surface area contributed by atoms with Crippen LogP contribution >= 0.6 is 0 Å². The Morgan fingerprint density at radius 3 is 2.00 bits per heavy atom. The second-order valence-corrected chi connectivity index (χ2v) is 8.00. The Balaban J connectivity index is 0.00000320. The number of nitriles is 1. The van der Waals surface area contributed by atoms with Crippen LogP contribution in [0.4, 0.5) is 4.79 Å². The molecule has 0 bridgehead atoms. The number of nitrogens with zero attached hydrogens (tertiary/aromatic N) is 1. The van der Waals surface area contributed by atoms with Gasteiger partial charge in [-0.05, 0) is 30.9 Å². The van der Waals surface area contributed by atoms with E-state index < -0.39 is 11.5 Å². The molecule has 1 atom stereocenters. The van der Waals surface area contributed by atoms with Gasteiger partial charge in [0.25, 0.3) is 0 Å². The quantitative estimate of drug-likeness (QED) is 0.578. The van der Waals surface area contributed by atoms with Crippen molar-refractivity contribution < 1.29 is 37.5 Å². The maximum Gasteiger partial charge on any atom is 0.315 e. The topological polar surface area (TPSA) is 64.9 Å². The minimum absolute atomic E-state index is 0. The summed E-state index contributed by atoms with van der Waals surface area (Å²) in [5.41, 5.74) is 0.778. The largest absolute Gasteiger partial charge is 0.343 e. The number of rotatable bonds is 6. The first-order valence-corrected chi connectivity index (χ1v) is 10.5. The number of benzene rings is 2. The maximum atomic E-state index is 12.8.